The lowest BCUT2D eigenvalue weighted by Crippen LogP contribution is -2.16. The van der Waals surface area contributed by atoms with Crippen LogP contribution in [-0.4, -0.2) is 4.57 Å². The van der Waals surface area contributed by atoms with E-state index in [4.69, 9.17) is 0 Å². The Morgan fingerprint density at radius 1 is 0.351 bits per heavy atom. The highest BCUT2D eigenvalue weighted by Gasteiger charge is 2.36. The number of rotatable bonds is 8. The zero-order valence-electron chi connectivity index (χ0n) is 45.5. The van der Waals surface area contributed by atoms with Crippen molar-refractivity contribution < 1.29 is 0 Å². The molecule has 1 aromatic heterocycles. The summed E-state index contributed by atoms with van der Waals surface area (Å²) in [5, 5.41) is 4.96. The number of nitrogens with zero attached hydrogens (tertiary/aromatic N) is 2. The van der Waals surface area contributed by atoms with Crippen LogP contribution < -0.4 is 4.90 Å². The van der Waals surface area contributed by atoms with Crippen molar-refractivity contribution in [1.29, 1.82) is 0 Å². The van der Waals surface area contributed by atoms with Crippen molar-refractivity contribution in [2.45, 2.75) is 71.6 Å². The number of benzene rings is 11. The van der Waals surface area contributed by atoms with Gasteiger partial charge < -0.3 is 9.47 Å². The molecule has 0 spiro atoms. The summed E-state index contributed by atoms with van der Waals surface area (Å²) in [6.07, 6.45) is 0. The first-order chi connectivity index (χ1) is 37.2. The van der Waals surface area contributed by atoms with Crippen LogP contribution in [-0.2, 0) is 16.2 Å². The van der Waals surface area contributed by atoms with E-state index in [1.807, 2.05) is 0 Å². The summed E-state index contributed by atoms with van der Waals surface area (Å²) in [6.45, 7) is 18.7. The van der Waals surface area contributed by atoms with Gasteiger partial charge in [0.25, 0.3) is 0 Å². The Morgan fingerprint density at radius 3 is 1.61 bits per heavy atom. The summed E-state index contributed by atoms with van der Waals surface area (Å²) in [4.78, 5) is 2.51. The zero-order valence-corrected chi connectivity index (χ0v) is 45.5. The Bertz CT molecular complexity index is 4210. The molecule has 0 radical (unpaired) electrons. The fourth-order valence-electron chi connectivity index (χ4n) is 12.4. The Balaban J connectivity index is 1.00. The minimum absolute atomic E-state index is 0.0203. The van der Waals surface area contributed by atoms with E-state index in [9.17, 15) is 0 Å². The summed E-state index contributed by atoms with van der Waals surface area (Å²) in [7, 11) is 0. The number of anilines is 3. The van der Waals surface area contributed by atoms with Gasteiger partial charge in [0.15, 0.2) is 0 Å². The van der Waals surface area contributed by atoms with E-state index in [0.29, 0.717) is 0 Å². The van der Waals surface area contributed by atoms with Crippen molar-refractivity contribution in [2.24, 2.45) is 0 Å². The molecule has 0 amide bonds. The average Bonchev–Trinajstić information content (AvgIpc) is 4.00. The van der Waals surface area contributed by atoms with Crippen LogP contribution in [0.3, 0.4) is 0 Å². The van der Waals surface area contributed by atoms with Crippen LogP contribution in [0.4, 0.5) is 17.1 Å². The van der Waals surface area contributed by atoms with Gasteiger partial charge in [0.2, 0.25) is 0 Å². The standard InChI is InChI=1S/C75H64N2/c1-73(2,3)54-44-53(45-55(48-54)74(4,5)6)59-30-20-22-50-23-21-31-64(72(50)59)62-28-14-18-34-69(62)77(68-33-17-13-26-58(68)52-38-42-61-60-27-12-16-32-66(60)75(7,8)67(61)47-52)57-40-36-49(37-41-57)51-39-43-71-65(46-51)63-29-15-19-35-70(63)76(71)56-24-10-9-11-25-56/h9-48H,1-8H3. The minimum Gasteiger partial charge on any atom is -0.309 e. The fraction of sp³-hybridized carbons (Fsp3) is 0.147. The second-order valence-corrected chi connectivity index (χ2v) is 23.8. The van der Waals surface area contributed by atoms with E-state index in [1.54, 1.807) is 0 Å². The van der Waals surface area contributed by atoms with Crippen molar-refractivity contribution >= 4 is 49.6 Å². The third kappa shape index (κ3) is 8.17. The van der Waals surface area contributed by atoms with Gasteiger partial charge >= 0.3 is 0 Å². The molecule has 374 valence electrons. The van der Waals surface area contributed by atoms with Gasteiger partial charge in [-0.05, 0) is 149 Å². The first-order valence-electron chi connectivity index (χ1n) is 27.3. The first kappa shape index (κ1) is 48.0. The molecule has 2 heteroatoms. The van der Waals surface area contributed by atoms with E-state index < -0.39 is 0 Å². The van der Waals surface area contributed by atoms with Gasteiger partial charge in [0, 0.05) is 38.7 Å². The van der Waals surface area contributed by atoms with Crippen molar-refractivity contribution in [3.63, 3.8) is 0 Å². The average molecular weight is 993 g/mol. The number of para-hydroxylation sites is 4. The van der Waals surface area contributed by atoms with Crippen molar-refractivity contribution in [1.82, 2.24) is 4.57 Å². The second-order valence-electron chi connectivity index (χ2n) is 23.8. The molecule has 13 rings (SSSR count). The molecule has 77 heavy (non-hydrogen) atoms. The maximum Gasteiger partial charge on any atom is 0.0541 e. The van der Waals surface area contributed by atoms with Crippen LogP contribution in [0.25, 0.3) is 93.9 Å². The molecule has 1 aliphatic carbocycles. The molecule has 1 heterocycles. The summed E-state index contributed by atoms with van der Waals surface area (Å²) in [6, 6.07) is 90.8. The monoisotopic (exact) mass is 993 g/mol. The summed E-state index contributed by atoms with van der Waals surface area (Å²) >= 11 is 0. The van der Waals surface area contributed by atoms with E-state index in [0.717, 1.165) is 22.7 Å². The van der Waals surface area contributed by atoms with Crippen LogP contribution >= 0.6 is 0 Å². The molecule has 1 aliphatic rings. The molecule has 0 atom stereocenters. The number of aromatic nitrogens is 1. The smallest absolute Gasteiger partial charge is 0.0541 e. The van der Waals surface area contributed by atoms with Gasteiger partial charge in [-0.2, -0.15) is 0 Å². The molecule has 11 aromatic carbocycles. The lowest BCUT2D eigenvalue weighted by atomic mass is 9.78. The van der Waals surface area contributed by atoms with E-state index in [-0.39, 0.29) is 16.2 Å². The van der Waals surface area contributed by atoms with E-state index in [1.165, 1.54) is 110 Å². The molecule has 0 saturated heterocycles. The topological polar surface area (TPSA) is 8.17 Å². The molecular formula is C75H64N2. The lowest BCUT2D eigenvalue weighted by molar-refractivity contribution is 0.569. The Hall–Kier alpha value is -8.72. The maximum absolute atomic E-state index is 2.51. The SMILES string of the molecule is CC(C)(C)c1cc(-c2cccc3cccc(-c4ccccc4N(c4ccc(-c5ccc6c(c5)c5ccccc5n6-c5ccccc5)cc4)c4ccccc4-c4ccc5c(c4)C(C)(C)c4ccccc4-5)c23)cc(C(C)(C)C)c1. The Labute approximate surface area is 454 Å². The second kappa shape index (κ2) is 18.2. The number of hydrogen-bond acceptors (Lipinski definition) is 1. The van der Waals surface area contributed by atoms with Gasteiger partial charge in [-0.25, -0.2) is 0 Å². The van der Waals surface area contributed by atoms with Crippen molar-refractivity contribution in [3.05, 3.63) is 265 Å². The van der Waals surface area contributed by atoms with Crippen LogP contribution in [0.1, 0.15) is 77.6 Å². The van der Waals surface area contributed by atoms with Crippen LogP contribution in [0.2, 0.25) is 0 Å². The molecule has 0 aliphatic heterocycles. The van der Waals surface area contributed by atoms with Gasteiger partial charge in [-0.3, -0.25) is 0 Å². The number of hydrogen-bond donors (Lipinski definition) is 0. The molecule has 0 bridgehead atoms. The quantitative estimate of drug-likeness (QED) is 0.147. The van der Waals surface area contributed by atoms with Crippen molar-refractivity contribution in [2.75, 3.05) is 4.90 Å². The minimum atomic E-state index is -0.134. The Morgan fingerprint density at radius 2 is 0.896 bits per heavy atom. The lowest BCUT2D eigenvalue weighted by Gasteiger charge is -2.31. The van der Waals surface area contributed by atoms with E-state index in [2.05, 4.69) is 308 Å². The third-order valence-electron chi connectivity index (χ3n) is 16.5. The summed E-state index contributed by atoms with van der Waals surface area (Å²) in [5.41, 5.74) is 24.4. The third-order valence-corrected chi connectivity index (χ3v) is 16.5. The first-order valence-corrected chi connectivity index (χ1v) is 27.3. The zero-order chi connectivity index (χ0) is 52.8. The Kier molecular flexibility index (Phi) is 11.4. The molecule has 2 nitrogen and oxygen atoms in total. The summed E-state index contributed by atoms with van der Waals surface area (Å²) < 4.78 is 2.39. The molecule has 12 aromatic rings. The van der Waals surface area contributed by atoms with Gasteiger partial charge in [-0.15, -0.1) is 0 Å². The molecular weight excluding hydrogens is 929 g/mol. The van der Waals surface area contributed by atoms with Crippen LogP contribution in [0.5, 0.6) is 0 Å². The van der Waals surface area contributed by atoms with Crippen LogP contribution in [0, 0.1) is 0 Å². The maximum atomic E-state index is 2.51. The highest BCUT2D eigenvalue weighted by molar-refractivity contribution is 6.11. The fourth-order valence-corrected chi connectivity index (χ4v) is 12.4. The highest BCUT2D eigenvalue weighted by Crippen LogP contribution is 2.52. The summed E-state index contributed by atoms with van der Waals surface area (Å²) in [5.74, 6) is 0. The van der Waals surface area contributed by atoms with Gasteiger partial charge in [0.1, 0.15) is 0 Å². The van der Waals surface area contributed by atoms with Crippen molar-refractivity contribution in [3.8, 4) is 61.3 Å². The number of fused-ring (bicyclic) bond motifs is 7. The van der Waals surface area contributed by atoms with Gasteiger partial charge in [-0.1, -0.05) is 237 Å². The normalized spacial score (nSPS) is 13.0. The largest absolute Gasteiger partial charge is 0.309 e. The van der Waals surface area contributed by atoms with E-state index >= 15 is 0 Å². The molecule has 0 unspecified atom stereocenters. The molecule has 0 fully saturated rings. The highest BCUT2D eigenvalue weighted by atomic mass is 15.1. The predicted octanol–water partition coefficient (Wildman–Crippen LogP) is 21.0. The van der Waals surface area contributed by atoms with Crippen LogP contribution in [0.15, 0.2) is 243 Å². The van der Waals surface area contributed by atoms with Gasteiger partial charge in [0.05, 0.1) is 22.4 Å². The predicted molar refractivity (Wildman–Crippen MR) is 330 cm³/mol. The molecule has 0 saturated carbocycles. The molecule has 0 N–H and O–H groups in total.